The van der Waals surface area contributed by atoms with E-state index in [9.17, 15) is 10.2 Å². The Bertz CT molecular complexity index is 859. The van der Waals surface area contributed by atoms with Crippen molar-refractivity contribution in [3.05, 3.63) is 65.9 Å². The van der Waals surface area contributed by atoms with Crippen molar-refractivity contribution in [2.75, 3.05) is 0 Å². The van der Waals surface area contributed by atoms with E-state index in [1.165, 1.54) is 6.07 Å². The van der Waals surface area contributed by atoms with E-state index >= 15 is 0 Å². The summed E-state index contributed by atoms with van der Waals surface area (Å²) in [4.78, 5) is 8.89. The third kappa shape index (κ3) is 3.49. The number of aliphatic hydroxyl groups is 1. The molecule has 2 aromatic heterocycles. The normalized spacial score (nSPS) is 11.0. The number of hydrogen-bond donors (Lipinski definition) is 2. The van der Waals surface area contributed by atoms with Crippen LogP contribution in [0.5, 0.6) is 11.5 Å². The Morgan fingerprint density at radius 1 is 1.12 bits per heavy atom. The molecule has 0 atom stereocenters. The number of aromatic nitrogens is 3. The molecule has 0 spiro atoms. The van der Waals surface area contributed by atoms with Gasteiger partial charge in [-0.15, -0.1) is 0 Å². The highest BCUT2D eigenvalue weighted by atomic mass is 16.5. The minimum atomic E-state index is -0.291. The summed E-state index contributed by atoms with van der Waals surface area (Å²) in [6.45, 7) is 4.13. The van der Waals surface area contributed by atoms with Crippen molar-refractivity contribution in [3.8, 4) is 17.3 Å². The van der Waals surface area contributed by atoms with Crippen LogP contribution in [0.2, 0.25) is 0 Å². The molecule has 0 aliphatic heterocycles. The van der Waals surface area contributed by atoms with Gasteiger partial charge >= 0.3 is 0 Å². The average molecular weight is 339 g/mol. The third-order valence-electron chi connectivity index (χ3n) is 3.93. The van der Waals surface area contributed by atoms with Crippen LogP contribution in [0.1, 0.15) is 36.7 Å². The minimum Gasteiger partial charge on any atom is -0.507 e. The van der Waals surface area contributed by atoms with Crippen LogP contribution in [0.4, 0.5) is 0 Å². The molecule has 0 bridgehead atoms. The summed E-state index contributed by atoms with van der Waals surface area (Å²) in [6.07, 6.45) is 5.37. The lowest BCUT2D eigenvalue weighted by Crippen LogP contribution is -2.09. The summed E-state index contributed by atoms with van der Waals surface area (Å²) in [5, 5.41) is 19.3. The SMILES string of the molecule is CC(C)c1nccn1-c1ncccc1COc1cccc(O)c1CO. The van der Waals surface area contributed by atoms with Crippen LogP contribution >= 0.6 is 0 Å². The molecule has 2 heterocycles. The van der Waals surface area contributed by atoms with E-state index in [4.69, 9.17) is 4.74 Å². The molecule has 25 heavy (non-hydrogen) atoms. The number of nitrogens with zero attached hydrogens (tertiary/aromatic N) is 3. The molecule has 6 nitrogen and oxygen atoms in total. The van der Waals surface area contributed by atoms with Gasteiger partial charge in [-0.25, -0.2) is 9.97 Å². The van der Waals surface area contributed by atoms with Crippen LogP contribution in [-0.2, 0) is 13.2 Å². The van der Waals surface area contributed by atoms with Gasteiger partial charge in [0.1, 0.15) is 29.7 Å². The van der Waals surface area contributed by atoms with Crippen LogP contribution < -0.4 is 4.74 Å². The third-order valence-corrected chi connectivity index (χ3v) is 3.93. The van der Waals surface area contributed by atoms with Crippen molar-refractivity contribution in [1.82, 2.24) is 14.5 Å². The fourth-order valence-electron chi connectivity index (χ4n) is 2.68. The minimum absolute atomic E-state index is 0.0168. The summed E-state index contributed by atoms with van der Waals surface area (Å²) < 4.78 is 7.80. The molecule has 0 saturated heterocycles. The average Bonchev–Trinajstić information content (AvgIpc) is 3.10. The molecule has 3 aromatic rings. The van der Waals surface area contributed by atoms with Gasteiger partial charge in [-0.3, -0.25) is 4.57 Å². The zero-order valence-electron chi connectivity index (χ0n) is 14.3. The monoisotopic (exact) mass is 339 g/mol. The summed E-state index contributed by atoms with van der Waals surface area (Å²) in [5.41, 5.74) is 1.26. The van der Waals surface area contributed by atoms with Gasteiger partial charge in [-0.1, -0.05) is 26.0 Å². The van der Waals surface area contributed by atoms with Crippen LogP contribution in [0.25, 0.3) is 5.82 Å². The zero-order valence-corrected chi connectivity index (χ0v) is 14.3. The van der Waals surface area contributed by atoms with E-state index in [2.05, 4.69) is 23.8 Å². The first kappa shape index (κ1) is 17.0. The lowest BCUT2D eigenvalue weighted by Gasteiger charge is -2.15. The van der Waals surface area contributed by atoms with Crippen LogP contribution in [0.3, 0.4) is 0 Å². The number of benzene rings is 1. The van der Waals surface area contributed by atoms with Crippen molar-refractivity contribution >= 4 is 0 Å². The van der Waals surface area contributed by atoms with Crippen molar-refractivity contribution in [2.45, 2.75) is 33.0 Å². The van der Waals surface area contributed by atoms with E-state index in [-0.39, 0.29) is 24.9 Å². The standard InChI is InChI=1S/C19H21N3O3/c1-13(2)18-21-9-10-22(18)19-14(5-4-8-20-19)12-25-17-7-3-6-16(24)15(17)11-23/h3-10,13,23-24H,11-12H2,1-2H3. The van der Waals surface area contributed by atoms with Crippen molar-refractivity contribution in [2.24, 2.45) is 0 Å². The van der Waals surface area contributed by atoms with Gasteiger partial charge in [-0.2, -0.15) is 0 Å². The smallest absolute Gasteiger partial charge is 0.144 e. The molecule has 2 N–H and O–H groups in total. The Labute approximate surface area is 146 Å². The maximum Gasteiger partial charge on any atom is 0.144 e. The summed E-state index contributed by atoms with van der Waals surface area (Å²) in [6, 6.07) is 8.71. The highest BCUT2D eigenvalue weighted by Crippen LogP contribution is 2.28. The Morgan fingerprint density at radius 2 is 1.96 bits per heavy atom. The Hall–Kier alpha value is -2.86. The highest BCUT2D eigenvalue weighted by Gasteiger charge is 2.14. The van der Waals surface area contributed by atoms with Gasteiger partial charge in [0.25, 0.3) is 0 Å². The number of aliphatic hydroxyl groups excluding tert-OH is 1. The van der Waals surface area contributed by atoms with Crippen LogP contribution in [0.15, 0.2) is 48.9 Å². The molecule has 0 saturated carbocycles. The van der Waals surface area contributed by atoms with Gasteiger partial charge in [0.2, 0.25) is 0 Å². The molecule has 1 aromatic carbocycles. The molecule has 0 fully saturated rings. The lowest BCUT2D eigenvalue weighted by atomic mass is 10.2. The van der Waals surface area contributed by atoms with E-state index in [1.54, 1.807) is 24.5 Å². The van der Waals surface area contributed by atoms with E-state index in [0.29, 0.717) is 11.3 Å². The molecular weight excluding hydrogens is 318 g/mol. The van der Waals surface area contributed by atoms with Gasteiger partial charge in [0, 0.05) is 30.1 Å². The number of phenols is 1. The number of ether oxygens (including phenoxy) is 1. The van der Waals surface area contributed by atoms with Crippen molar-refractivity contribution in [1.29, 1.82) is 0 Å². The highest BCUT2D eigenvalue weighted by molar-refractivity contribution is 5.44. The van der Waals surface area contributed by atoms with Crippen LogP contribution in [0, 0.1) is 0 Å². The van der Waals surface area contributed by atoms with Crippen molar-refractivity contribution in [3.63, 3.8) is 0 Å². The topological polar surface area (TPSA) is 80.4 Å². The molecule has 3 rings (SSSR count). The zero-order chi connectivity index (χ0) is 17.8. The second kappa shape index (κ2) is 7.36. The quantitative estimate of drug-likeness (QED) is 0.721. The molecule has 130 valence electrons. The van der Waals surface area contributed by atoms with Gasteiger partial charge in [-0.05, 0) is 18.2 Å². The maximum absolute atomic E-state index is 9.83. The molecule has 0 aliphatic rings. The van der Waals surface area contributed by atoms with E-state index in [0.717, 1.165) is 17.2 Å². The first-order chi connectivity index (χ1) is 12.1. The second-order valence-corrected chi connectivity index (χ2v) is 6.00. The Balaban J connectivity index is 1.90. The number of imidazole rings is 1. The Kier molecular flexibility index (Phi) is 5.00. The number of rotatable bonds is 6. The van der Waals surface area contributed by atoms with Crippen LogP contribution in [-0.4, -0.2) is 24.7 Å². The number of pyridine rings is 1. The molecule has 0 amide bonds. The molecule has 6 heteroatoms. The Morgan fingerprint density at radius 3 is 2.72 bits per heavy atom. The molecule has 0 unspecified atom stereocenters. The second-order valence-electron chi connectivity index (χ2n) is 6.00. The summed E-state index contributed by atoms with van der Waals surface area (Å²) in [5.74, 6) is 2.41. The van der Waals surface area contributed by atoms with E-state index in [1.807, 2.05) is 22.9 Å². The molecule has 0 aliphatic carbocycles. The van der Waals surface area contributed by atoms with E-state index < -0.39 is 0 Å². The first-order valence-electron chi connectivity index (χ1n) is 8.13. The van der Waals surface area contributed by atoms with Gasteiger partial charge < -0.3 is 14.9 Å². The van der Waals surface area contributed by atoms with Crippen molar-refractivity contribution < 1.29 is 14.9 Å². The fraction of sp³-hybridized carbons (Fsp3) is 0.263. The fourth-order valence-corrected chi connectivity index (χ4v) is 2.68. The first-order valence-corrected chi connectivity index (χ1v) is 8.13. The predicted octanol–water partition coefficient (Wildman–Crippen LogP) is 3.17. The van der Waals surface area contributed by atoms with Gasteiger partial charge in [0.05, 0.1) is 12.2 Å². The predicted molar refractivity (Wildman–Crippen MR) is 93.8 cm³/mol. The maximum atomic E-state index is 9.83. The summed E-state index contributed by atoms with van der Waals surface area (Å²) in [7, 11) is 0. The number of aromatic hydroxyl groups is 1. The largest absolute Gasteiger partial charge is 0.507 e. The molecule has 0 radical (unpaired) electrons. The number of hydrogen-bond acceptors (Lipinski definition) is 5. The lowest BCUT2D eigenvalue weighted by molar-refractivity contribution is 0.252. The summed E-state index contributed by atoms with van der Waals surface area (Å²) >= 11 is 0. The molecular formula is C19H21N3O3. The van der Waals surface area contributed by atoms with Gasteiger partial charge in [0.15, 0.2) is 0 Å².